The van der Waals surface area contributed by atoms with Crippen molar-refractivity contribution in [1.29, 1.82) is 0 Å². The molecule has 1 aliphatic heterocycles. The number of aromatic nitrogens is 3. The Morgan fingerprint density at radius 1 is 1.19 bits per heavy atom. The number of ketones is 1. The third-order valence-electron chi connectivity index (χ3n) is 5.45. The van der Waals surface area contributed by atoms with E-state index in [1.54, 1.807) is 50.0 Å². The van der Waals surface area contributed by atoms with E-state index in [0.717, 1.165) is 37.2 Å². The predicted molar refractivity (Wildman–Crippen MR) is 120 cm³/mol. The Balaban J connectivity index is 1.59. The number of rotatable bonds is 6. The Kier molecular flexibility index (Phi) is 6.08. The van der Waals surface area contributed by atoms with E-state index in [2.05, 4.69) is 19.9 Å². The number of anilines is 2. The number of piperidine rings is 1. The Bertz CT molecular complexity index is 1070. The van der Waals surface area contributed by atoms with Crippen molar-refractivity contribution in [3.05, 3.63) is 60.2 Å². The standard InChI is InChI=1S/C23H26N6O2/c1-31-17-4-6-19(27-13-17)20-7-5-18(25)23(28-20)22(30)11-15-12-26-9-8-21(15)29-10-2-3-16(24)14-29/h4-9,12-13,16H,2-3,10-11,14,24-25H2,1H3/t16-/m0/s1. The molecule has 4 heterocycles. The third kappa shape index (κ3) is 4.64. The van der Waals surface area contributed by atoms with Crippen molar-refractivity contribution in [2.45, 2.75) is 25.3 Å². The van der Waals surface area contributed by atoms with Crippen molar-refractivity contribution in [3.8, 4) is 17.1 Å². The molecule has 0 aliphatic carbocycles. The van der Waals surface area contributed by atoms with Crippen LogP contribution in [0.4, 0.5) is 11.4 Å². The topological polar surface area (TPSA) is 120 Å². The summed E-state index contributed by atoms with van der Waals surface area (Å²) in [7, 11) is 1.58. The van der Waals surface area contributed by atoms with Gasteiger partial charge < -0.3 is 21.1 Å². The van der Waals surface area contributed by atoms with Gasteiger partial charge in [0.1, 0.15) is 11.4 Å². The molecule has 0 bridgehead atoms. The second kappa shape index (κ2) is 9.09. The fourth-order valence-electron chi connectivity index (χ4n) is 3.84. The van der Waals surface area contributed by atoms with Gasteiger partial charge in [0, 0.05) is 49.2 Å². The van der Waals surface area contributed by atoms with Crippen LogP contribution in [0.3, 0.4) is 0 Å². The Morgan fingerprint density at radius 3 is 2.77 bits per heavy atom. The number of hydrogen-bond acceptors (Lipinski definition) is 8. The molecule has 160 valence electrons. The zero-order valence-electron chi connectivity index (χ0n) is 17.5. The maximum Gasteiger partial charge on any atom is 0.187 e. The summed E-state index contributed by atoms with van der Waals surface area (Å²) >= 11 is 0. The first-order valence-corrected chi connectivity index (χ1v) is 10.3. The number of pyridine rings is 3. The molecular formula is C23H26N6O2. The molecule has 0 aromatic carbocycles. The molecule has 0 radical (unpaired) electrons. The Hall–Kier alpha value is -3.52. The average molecular weight is 419 g/mol. The van der Waals surface area contributed by atoms with Crippen LogP contribution in [0.1, 0.15) is 28.9 Å². The van der Waals surface area contributed by atoms with E-state index in [4.69, 9.17) is 16.2 Å². The Morgan fingerprint density at radius 2 is 2.03 bits per heavy atom. The van der Waals surface area contributed by atoms with Gasteiger partial charge in [0.15, 0.2) is 5.78 Å². The van der Waals surface area contributed by atoms with Crippen LogP contribution in [0.25, 0.3) is 11.4 Å². The molecule has 0 amide bonds. The van der Waals surface area contributed by atoms with Crippen LogP contribution < -0.4 is 21.1 Å². The normalized spacial score (nSPS) is 16.2. The number of nitrogen functional groups attached to an aromatic ring is 1. The lowest BCUT2D eigenvalue weighted by molar-refractivity contribution is 0.0989. The number of nitrogens with two attached hydrogens (primary N) is 2. The van der Waals surface area contributed by atoms with Crippen LogP contribution in [0.2, 0.25) is 0 Å². The Labute approximate surface area is 181 Å². The minimum Gasteiger partial charge on any atom is -0.495 e. The van der Waals surface area contributed by atoms with E-state index in [9.17, 15) is 4.79 Å². The SMILES string of the molecule is COc1ccc(-c2ccc(N)c(C(=O)Cc3cnccc3N3CCC[C@H](N)C3)n2)nc1. The van der Waals surface area contributed by atoms with Gasteiger partial charge in [0.25, 0.3) is 0 Å². The minimum absolute atomic E-state index is 0.136. The van der Waals surface area contributed by atoms with Gasteiger partial charge >= 0.3 is 0 Å². The first-order chi connectivity index (χ1) is 15.0. The van der Waals surface area contributed by atoms with E-state index >= 15 is 0 Å². The molecule has 1 atom stereocenters. The molecule has 0 saturated carbocycles. The molecule has 3 aromatic rings. The first-order valence-electron chi connectivity index (χ1n) is 10.3. The maximum absolute atomic E-state index is 13.2. The van der Waals surface area contributed by atoms with Gasteiger partial charge in [-0.2, -0.15) is 0 Å². The van der Waals surface area contributed by atoms with Crippen LogP contribution in [-0.4, -0.2) is 47.0 Å². The van der Waals surface area contributed by atoms with Gasteiger partial charge in [-0.25, -0.2) is 4.98 Å². The largest absolute Gasteiger partial charge is 0.495 e. The number of carbonyl (C=O) groups excluding carboxylic acids is 1. The van der Waals surface area contributed by atoms with Crippen LogP contribution >= 0.6 is 0 Å². The van der Waals surface area contributed by atoms with Crippen molar-refractivity contribution in [3.63, 3.8) is 0 Å². The van der Waals surface area contributed by atoms with Gasteiger partial charge in [0.05, 0.1) is 30.4 Å². The lowest BCUT2D eigenvalue weighted by Crippen LogP contribution is -2.43. The molecule has 8 heteroatoms. The van der Waals surface area contributed by atoms with Crippen molar-refractivity contribution in [1.82, 2.24) is 15.0 Å². The number of methoxy groups -OCH3 is 1. The molecule has 0 unspecified atom stereocenters. The first kappa shape index (κ1) is 20.7. The van der Waals surface area contributed by atoms with Crippen LogP contribution in [0.5, 0.6) is 5.75 Å². The molecular weight excluding hydrogens is 392 g/mol. The predicted octanol–water partition coefficient (Wildman–Crippen LogP) is 2.48. The number of hydrogen-bond donors (Lipinski definition) is 2. The van der Waals surface area contributed by atoms with Crippen LogP contribution in [0.15, 0.2) is 48.9 Å². The summed E-state index contributed by atoms with van der Waals surface area (Å²) < 4.78 is 5.15. The molecule has 3 aromatic heterocycles. The van der Waals surface area contributed by atoms with Crippen molar-refractivity contribution >= 4 is 17.2 Å². The third-order valence-corrected chi connectivity index (χ3v) is 5.45. The molecule has 0 spiro atoms. The summed E-state index contributed by atoms with van der Waals surface area (Å²) in [6, 6.07) is 9.12. The molecule has 31 heavy (non-hydrogen) atoms. The van der Waals surface area contributed by atoms with Crippen molar-refractivity contribution in [2.75, 3.05) is 30.8 Å². The molecule has 1 saturated heterocycles. The van der Waals surface area contributed by atoms with Gasteiger partial charge in [-0.3, -0.25) is 14.8 Å². The monoisotopic (exact) mass is 418 g/mol. The van der Waals surface area contributed by atoms with Gasteiger partial charge in [-0.05, 0) is 43.2 Å². The molecule has 8 nitrogen and oxygen atoms in total. The summed E-state index contributed by atoms with van der Waals surface area (Å²) in [5, 5.41) is 0. The highest BCUT2D eigenvalue weighted by Crippen LogP contribution is 2.26. The highest BCUT2D eigenvalue weighted by atomic mass is 16.5. The number of ether oxygens (including phenoxy) is 1. The zero-order chi connectivity index (χ0) is 21.8. The van der Waals surface area contributed by atoms with Gasteiger partial charge in [-0.15, -0.1) is 0 Å². The molecule has 4 rings (SSSR count). The number of nitrogens with zero attached hydrogens (tertiary/aromatic N) is 4. The molecule has 1 aliphatic rings. The second-order valence-electron chi connectivity index (χ2n) is 7.67. The summed E-state index contributed by atoms with van der Waals surface area (Å²) in [5.41, 5.74) is 15.9. The summed E-state index contributed by atoms with van der Waals surface area (Å²) in [4.78, 5) is 28.5. The fraction of sp³-hybridized carbons (Fsp3) is 0.304. The zero-order valence-corrected chi connectivity index (χ0v) is 17.5. The smallest absolute Gasteiger partial charge is 0.187 e. The fourth-order valence-corrected chi connectivity index (χ4v) is 3.84. The highest BCUT2D eigenvalue weighted by molar-refractivity contribution is 6.01. The number of Topliss-reactive ketones (excluding diaryl/α,β-unsaturated/α-hetero) is 1. The van der Waals surface area contributed by atoms with E-state index in [-0.39, 0.29) is 23.9 Å². The average Bonchev–Trinajstić information content (AvgIpc) is 2.80. The van der Waals surface area contributed by atoms with E-state index < -0.39 is 0 Å². The van der Waals surface area contributed by atoms with Gasteiger partial charge in [-0.1, -0.05) is 0 Å². The lowest BCUT2D eigenvalue weighted by Gasteiger charge is -2.33. The second-order valence-corrected chi connectivity index (χ2v) is 7.67. The summed E-state index contributed by atoms with van der Waals surface area (Å²) in [5.74, 6) is 0.487. The van der Waals surface area contributed by atoms with Crippen molar-refractivity contribution in [2.24, 2.45) is 5.73 Å². The molecule has 1 fully saturated rings. The molecule has 4 N–H and O–H groups in total. The van der Waals surface area contributed by atoms with E-state index in [0.29, 0.717) is 22.8 Å². The van der Waals surface area contributed by atoms with Gasteiger partial charge in [0.2, 0.25) is 0 Å². The highest BCUT2D eigenvalue weighted by Gasteiger charge is 2.22. The van der Waals surface area contributed by atoms with E-state index in [1.807, 2.05) is 6.07 Å². The van der Waals surface area contributed by atoms with E-state index in [1.165, 1.54) is 0 Å². The minimum atomic E-state index is -0.164. The number of carbonyl (C=O) groups is 1. The van der Waals surface area contributed by atoms with Crippen LogP contribution in [-0.2, 0) is 6.42 Å². The summed E-state index contributed by atoms with van der Waals surface area (Å²) in [6.45, 7) is 1.68. The van der Waals surface area contributed by atoms with Crippen LogP contribution in [0, 0.1) is 0 Å². The lowest BCUT2D eigenvalue weighted by atomic mass is 10.0. The van der Waals surface area contributed by atoms with Crippen molar-refractivity contribution < 1.29 is 9.53 Å². The maximum atomic E-state index is 13.2. The summed E-state index contributed by atoms with van der Waals surface area (Å²) in [6.07, 6.45) is 7.29. The quantitative estimate of drug-likeness (QED) is 0.586.